The molecule has 3 heteroatoms. The van der Waals surface area contributed by atoms with E-state index in [9.17, 15) is 0 Å². The topological polar surface area (TPSA) is 42.1 Å². The Hall–Kier alpha value is -0.930. The summed E-state index contributed by atoms with van der Waals surface area (Å²) in [5.74, 6) is 0. The Balaban J connectivity index is 2.00. The van der Waals surface area contributed by atoms with Crippen molar-refractivity contribution in [3.05, 3.63) is 30.1 Å². The molecular formula is C16H27N3. The molecule has 1 aliphatic heterocycles. The lowest BCUT2D eigenvalue weighted by atomic mass is 9.88. The molecule has 2 rings (SSSR count). The van der Waals surface area contributed by atoms with Crippen LogP contribution in [0.5, 0.6) is 0 Å². The lowest BCUT2D eigenvalue weighted by molar-refractivity contribution is 0.0979. The van der Waals surface area contributed by atoms with Gasteiger partial charge in [-0.2, -0.15) is 0 Å². The summed E-state index contributed by atoms with van der Waals surface area (Å²) in [5.41, 5.74) is 7.79. The summed E-state index contributed by atoms with van der Waals surface area (Å²) < 4.78 is 0. The number of nitrogens with two attached hydrogens (primary N) is 1. The summed E-state index contributed by atoms with van der Waals surface area (Å²) in [6.45, 7) is 6.96. The van der Waals surface area contributed by atoms with Crippen molar-refractivity contribution in [2.45, 2.75) is 57.5 Å². The summed E-state index contributed by atoms with van der Waals surface area (Å²) in [6.07, 6.45) is 9.99. The first-order valence-electron chi connectivity index (χ1n) is 7.50. The third-order valence-electron chi connectivity index (χ3n) is 4.51. The number of hydrogen-bond acceptors (Lipinski definition) is 3. The van der Waals surface area contributed by atoms with Gasteiger partial charge < -0.3 is 5.73 Å². The van der Waals surface area contributed by atoms with Crippen molar-refractivity contribution < 1.29 is 0 Å². The molecule has 3 nitrogen and oxygen atoms in total. The predicted octanol–water partition coefficient (Wildman–Crippen LogP) is 2.61. The summed E-state index contributed by atoms with van der Waals surface area (Å²) in [5, 5.41) is 0. The molecule has 1 saturated heterocycles. The lowest BCUT2D eigenvalue weighted by Crippen LogP contribution is -2.57. The summed E-state index contributed by atoms with van der Waals surface area (Å²) in [7, 11) is 0. The van der Waals surface area contributed by atoms with Crippen LogP contribution >= 0.6 is 0 Å². The highest BCUT2D eigenvalue weighted by atomic mass is 15.2. The van der Waals surface area contributed by atoms with Gasteiger partial charge >= 0.3 is 0 Å². The molecule has 1 aliphatic rings. The third kappa shape index (κ3) is 3.77. The van der Waals surface area contributed by atoms with Crippen LogP contribution in [0.2, 0.25) is 0 Å². The fraction of sp³-hybridized carbons (Fsp3) is 0.688. The van der Waals surface area contributed by atoms with E-state index in [1.54, 1.807) is 0 Å². The van der Waals surface area contributed by atoms with Crippen molar-refractivity contribution in [2.75, 3.05) is 13.1 Å². The zero-order chi connectivity index (χ0) is 13.7. The number of aromatic nitrogens is 1. The first-order chi connectivity index (χ1) is 9.10. The maximum Gasteiger partial charge on any atom is 0.0307 e. The Labute approximate surface area is 117 Å². The molecule has 106 valence electrons. The fourth-order valence-electron chi connectivity index (χ4n) is 2.90. The van der Waals surface area contributed by atoms with Gasteiger partial charge in [-0.1, -0.05) is 18.9 Å². The van der Waals surface area contributed by atoms with E-state index in [1.165, 1.54) is 44.3 Å². The van der Waals surface area contributed by atoms with Gasteiger partial charge in [-0.25, -0.2) is 0 Å². The highest BCUT2D eigenvalue weighted by Crippen LogP contribution is 2.24. The SMILES string of the molecule is CC(C)(C(N)Cc1cccnc1)N1CCCCCC1. The molecule has 1 atom stereocenters. The van der Waals surface area contributed by atoms with Crippen molar-refractivity contribution in [3.63, 3.8) is 0 Å². The zero-order valence-corrected chi connectivity index (χ0v) is 12.3. The van der Waals surface area contributed by atoms with Crippen LogP contribution in [0, 0.1) is 0 Å². The number of hydrogen-bond donors (Lipinski definition) is 1. The molecule has 0 bridgehead atoms. The Morgan fingerprint density at radius 1 is 1.26 bits per heavy atom. The molecule has 0 saturated carbocycles. The van der Waals surface area contributed by atoms with Crippen LogP contribution in [0.1, 0.15) is 45.1 Å². The van der Waals surface area contributed by atoms with E-state index in [0.29, 0.717) is 0 Å². The standard InChI is InChI=1S/C16H27N3/c1-16(2,19-10-5-3-4-6-11-19)15(17)12-14-8-7-9-18-13-14/h7-9,13,15H,3-6,10-12,17H2,1-2H3. The molecule has 1 aromatic rings. The van der Waals surface area contributed by atoms with E-state index in [2.05, 4.69) is 29.8 Å². The maximum atomic E-state index is 6.50. The molecule has 0 amide bonds. The highest BCUT2D eigenvalue weighted by Gasteiger charge is 2.33. The molecular weight excluding hydrogens is 234 g/mol. The smallest absolute Gasteiger partial charge is 0.0307 e. The Morgan fingerprint density at radius 2 is 1.95 bits per heavy atom. The highest BCUT2D eigenvalue weighted by molar-refractivity contribution is 5.12. The largest absolute Gasteiger partial charge is 0.326 e. The van der Waals surface area contributed by atoms with Crippen LogP contribution in [-0.4, -0.2) is 34.6 Å². The van der Waals surface area contributed by atoms with Crippen LogP contribution in [0.25, 0.3) is 0 Å². The molecule has 1 unspecified atom stereocenters. The van der Waals surface area contributed by atoms with Crippen LogP contribution in [-0.2, 0) is 6.42 Å². The minimum absolute atomic E-state index is 0.0557. The first-order valence-corrected chi connectivity index (χ1v) is 7.50. The van der Waals surface area contributed by atoms with E-state index in [4.69, 9.17) is 5.73 Å². The van der Waals surface area contributed by atoms with Crippen molar-refractivity contribution in [1.82, 2.24) is 9.88 Å². The quantitative estimate of drug-likeness (QED) is 0.906. The van der Waals surface area contributed by atoms with Crippen molar-refractivity contribution in [2.24, 2.45) is 5.73 Å². The van der Waals surface area contributed by atoms with Crippen LogP contribution in [0.4, 0.5) is 0 Å². The maximum absolute atomic E-state index is 6.50. The minimum Gasteiger partial charge on any atom is -0.326 e. The molecule has 19 heavy (non-hydrogen) atoms. The van der Waals surface area contributed by atoms with Crippen LogP contribution < -0.4 is 5.73 Å². The van der Waals surface area contributed by atoms with Gasteiger partial charge in [0.25, 0.3) is 0 Å². The van der Waals surface area contributed by atoms with Gasteiger partial charge in [-0.05, 0) is 57.8 Å². The van der Waals surface area contributed by atoms with Gasteiger partial charge in [0, 0.05) is 24.0 Å². The molecule has 0 aromatic carbocycles. The van der Waals surface area contributed by atoms with Crippen LogP contribution in [0.15, 0.2) is 24.5 Å². The summed E-state index contributed by atoms with van der Waals surface area (Å²) in [6, 6.07) is 4.25. The van der Waals surface area contributed by atoms with Crippen LogP contribution in [0.3, 0.4) is 0 Å². The van der Waals surface area contributed by atoms with E-state index < -0.39 is 0 Å². The monoisotopic (exact) mass is 261 g/mol. The third-order valence-corrected chi connectivity index (χ3v) is 4.51. The molecule has 2 N–H and O–H groups in total. The normalized spacial score (nSPS) is 19.9. The van der Waals surface area contributed by atoms with Gasteiger partial charge in [0.15, 0.2) is 0 Å². The molecule has 1 aromatic heterocycles. The van der Waals surface area contributed by atoms with Crippen molar-refractivity contribution in [3.8, 4) is 0 Å². The second-order valence-corrected chi connectivity index (χ2v) is 6.23. The molecule has 0 radical (unpaired) electrons. The van der Waals surface area contributed by atoms with E-state index in [-0.39, 0.29) is 11.6 Å². The van der Waals surface area contributed by atoms with Gasteiger partial charge in [0.1, 0.15) is 0 Å². The number of nitrogens with zero attached hydrogens (tertiary/aromatic N) is 2. The number of likely N-dealkylation sites (tertiary alicyclic amines) is 1. The Morgan fingerprint density at radius 3 is 2.53 bits per heavy atom. The molecule has 1 fully saturated rings. The predicted molar refractivity (Wildman–Crippen MR) is 80.0 cm³/mol. The van der Waals surface area contributed by atoms with Gasteiger partial charge in [0.05, 0.1) is 0 Å². The van der Waals surface area contributed by atoms with Gasteiger partial charge in [0.2, 0.25) is 0 Å². The molecule has 0 spiro atoms. The second-order valence-electron chi connectivity index (χ2n) is 6.23. The Bertz CT molecular complexity index is 367. The molecule has 0 aliphatic carbocycles. The van der Waals surface area contributed by atoms with Gasteiger partial charge in [-0.3, -0.25) is 9.88 Å². The van der Waals surface area contributed by atoms with E-state index >= 15 is 0 Å². The van der Waals surface area contributed by atoms with E-state index in [0.717, 1.165) is 6.42 Å². The molecule has 2 heterocycles. The Kier molecular flexibility index (Phi) is 4.94. The van der Waals surface area contributed by atoms with E-state index in [1.807, 2.05) is 18.5 Å². The van der Waals surface area contributed by atoms with Gasteiger partial charge in [-0.15, -0.1) is 0 Å². The average Bonchev–Trinajstić information content (AvgIpc) is 2.69. The second kappa shape index (κ2) is 6.49. The minimum atomic E-state index is 0.0557. The first kappa shape index (κ1) is 14.5. The number of rotatable bonds is 4. The number of pyridine rings is 1. The fourth-order valence-corrected chi connectivity index (χ4v) is 2.90. The van der Waals surface area contributed by atoms with Crippen molar-refractivity contribution in [1.29, 1.82) is 0 Å². The zero-order valence-electron chi connectivity index (χ0n) is 12.3. The summed E-state index contributed by atoms with van der Waals surface area (Å²) >= 11 is 0. The summed E-state index contributed by atoms with van der Waals surface area (Å²) in [4.78, 5) is 6.76. The van der Waals surface area contributed by atoms with Crippen molar-refractivity contribution >= 4 is 0 Å². The average molecular weight is 261 g/mol. The lowest BCUT2D eigenvalue weighted by Gasteiger charge is -2.42.